The molecule has 6 nitrogen and oxygen atoms in total. The van der Waals surface area contributed by atoms with E-state index < -0.39 is 0 Å². The van der Waals surface area contributed by atoms with Gasteiger partial charge in [-0.2, -0.15) is 0 Å². The lowest BCUT2D eigenvalue weighted by molar-refractivity contribution is -0.118. The van der Waals surface area contributed by atoms with Crippen molar-refractivity contribution in [1.82, 2.24) is 4.90 Å². The molecule has 0 saturated carbocycles. The van der Waals surface area contributed by atoms with Crippen molar-refractivity contribution in [1.29, 1.82) is 0 Å². The molecular formula is C27H28N2O4. The quantitative estimate of drug-likeness (QED) is 0.596. The van der Waals surface area contributed by atoms with Gasteiger partial charge in [-0.3, -0.25) is 9.59 Å². The van der Waals surface area contributed by atoms with Gasteiger partial charge >= 0.3 is 0 Å². The molecule has 0 aromatic heterocycles. The van der Waals surface area contributed by atoms with Crippen molar-refractivity contribution in [2.75, 3.05) is 38.2 Å². The van der Waals surface area contributed by atoms with Crippen molar-refractivity contribution in [3.63, 3.8) is 0 Å². The van der Waals surface area contributed by atoms with Crippen molar-refractivity contribution < 1.29 is 19.1 Å². The number of amides is 2. The van der Waals surface area contributed by atoms with Gasteiger partial charge in [-0.25, -0.2) is 0 Å². The number of benzene rings is 3. The van der Waals surface area contributed by atoms with E-state index in [1.165, 1.54) is 5.56 Å². The molecule has 1 fully saturated rings. The van der Waals surface area contributed by atoms with E-state index in [4.69, 9.17) is 9.47 Å². The molecule has 3 aromatic rings. The van der Waals surface area contributed by atoms with E-state index >= 15 is 0 Å². The van der Waals surface area contributed by atoms with Crippen LogP contribution in [0.25, 0.3) is 0 Å². The maximum atomic E-state index is 12.9. The lowest BCUT2D eigenvalue weighted by Crippen LogP contribution is -2.41. The average Bonchev–Trinajstić information content (AvgIpc) is 2.85. The number of hydrogen-bond acceptors (Lipinski definition) is 4. The fourth-order valence-corrected chi connectivity index (χ4v) is 3.88. The van der Waals surface area contributed by atoms with Gasteiger partial charge < -0.3 is 19.7 Å². The molecule has 6 heteroatoms. The first kappa shape index (κ1) is 22.6. The highest BCUT2D eigenvalue weighted by Crippen LogP contribution is 2.23. The SMILES string of the molecule is Cc1c(NC(=O)COc2ccccc2Cc2ccccc2)cccc1C(=O)N1CCOCC1. The summed E-state index contributed by atoms with van der Waals surface area (Å²) in [7, 11) is 0. The Labute approximate surface area is 194 Å². The highest BCUT2D eigenvalue weighted by atomic mass is 16.5. The van der Waals surface area contributed by atoms with Gasteiger partial charge in [0, 0.05) is 30.8 Å². The van der Waals surface area contributed by atoms with Crippen LogP contribution in [0.2, 0.25) is 0 Å². The Morgan fingerprint density at radius 3 is 2.45 bits per heavy atom. The van der Waals surface area contributed by atoms with Crippen LogP contribution in [0, 0.1) is 6.92 Å². The molecule has 0 unspecified atom stereocenters. The van der Waals surface area contributed by atoms with Gasteiger partial charge in [0.25, 0.3) is 11.8 Å². The second-order valence-corrected chi connectivity index (χ2v) is 7.99. The summed E-state index contributed by atoms with van der Waals surface area (Å²) in [5, 5.41) is 2.89. The Morgan fingerprint density at radius 2 is 1.67 bits per heavy atom. The summed E-state index contributed by atoms with van der Waals surface area (Å²) in [6, 6.07) is 23.2. The number of carbonyl (C=O) groups excluding carboxylic acids is 2. The Balaban J connectivity index is 1.39. The van der Waals surface area contributed by atoms with E-state index in [9.17, 15) is 9.59 Å². The number of nitrogens with one attached hydrogen (secondary N) is 1. The summed E-state index contributed by atoms with van der Waals surface area (Å²) in [5.41, 5.74) is 4.14. The fraction of sp³-hybridized carbons (Fsp3) is 0.259. The van der Waals surface area contributed by atoms with Gasteiger partial charge in [-0.05, 0) is 41.8 Å². The molecule has 1 aliphatic heterocycles. The summed E-state index contributed by atoms with van der Waals surface area (Å²) >= 11 is 0. The molecular weight excluding hydrogens is 416 g/mol. The number of rotatable bonds is 7. The first-order valence-electron chi connectivity index (χ1n) is 11.1. The standard InChI is InChI=1S/C27H28N2O4/c1-20-23(27(31)29-14-16-32-17-15-29)11-7-12-24(20)28-26(30)19-33-25-13-6-5-10-22(25)18-21-8-3-2-4-9-21/h2-13H,14-19H2,1H3,(H,28,30). The minimum Gasteiger partial charge on any atom is -0.483 e. The van der Waals surface area contributed by atoms with Crippen LogP contribution in [0.1, 0.15) is 27.0 Å². The maximum Gasteiger partial charge on any atom is 0.262 e. The number of anilines is 1. The first-order valence-corrected chi connectivity index (χ1v) is 11.1. The van der Waals surface area contributed by atoms with E-state index in [2.05, 4.69) is 17.4 Å². The second kappa shape index (κ2) is 10.8. The molecule has 0 atom stereocenters. The van der Waals surface area contributed by atoms with Crippen LogP contribution < -0.4 is 10.1 Å². The number of para-hydroxylation sites is 1. The summed E-state index contributed by atoms with van der Waals surface area (Å²) in [5.74, 6) is 0.367. The molecule has 1 N–H and O–H groups in total. The van der Waals surface area contributed by atoms with Crippen LogP contribution in [-0.4, -0.2) is 49.6 Å². The van der Waals surface area contributed by atoms with Gasteiger partial charge in [0.1, 0.15) is 5.75 Å². The Hall–Kier alpha value is -3.64. The number of carbonyl (C=O) groups is 2. The number of morpholine rings is 1. The van der Waals surface area contributed by atoms with Crippen LogP contribution in [0.5, 0.6) is 5.75 Å². The molecule has 1 heterocycles. The molecule has 0 spiro atoms. The largest absolute Gasteiger partial charge is 0.483 e. The van der Waals surface area contributed by atoms with Crippen molar-refractivity contribution in [3.05, 3.63) is 95.1 Å². The summed E-state index contributed by atoms with van der Waals surface area (Å²) in [6.45, 7) is 3.97. The monoisotopic (exact) mass is 444 g/mol. The van der Waals surface area contributed by atoms with Crippen LogP contribution in [0.15, 0.2) is 72.8 Å². The topological polar surface area (TPSA) is 67.9 Å². The molecule has 0 bridgehead atoms. The van der Waals surface area contributed by atoms with Crippen molar-refractivity contribution in [3.8, 4) is 5.75 Å². The summed E-state index contributed by atoms with van der Waals surface area (Å²) < 4.78 is 11.2. The zero-order valence-corrected chi connectivity index (χ0v) is 18.8. The third kappa shape index (κ3) is 5.79. The highest BCUT2D eigenvalue weighted by Gasteiger charge is 2.21. The molecule has 1 saturated heterocycles. The zero-order valence-electron chi connectivity index (χ0n) is 18.8. The predicted molar refractivity (Wildman–Crippen MR) is 128 cm³/mol. The predicted octanol–water partition coefficient (Wildman–Crippen LogP) is 4.08. The molecule has 33 heavy (non-hydrogen) atoms. The Kier molecular flexibility index (Phi) is 7.37. The Morgan fingerprint density at radius 1 is 0.939 bits per heavy atom. The average molecular weight is 445 g/mol. The fourth-order valence-electron chi connectivity index (χ4n) is 3.88. The molecule has 0 aliphatic carbocycles. The van der Waals surface area contributed by atoms with Gasteiger partial charge in [-0.15, -0.1) is 0 Å². The van der Waals surface area contributed by atoms with E-state index in [0.717, 1.165) is 17.5 Å². The van der Waals surface area contributed by atoms with Crippen LogP contribution in [-0.2, 0) is 16.0 Å². The maximum absolute atomic E-state index is 12.9. The minimum absolute atomic E-state index is 0.0435. The van der Waals surface area contributed by atoms with E-state index in [1.807, 2.05) is 49.4 Å². The number of nitrogens with zero attached hydrogens (tertiary/aromatic N) is 1. The molecule has 170 valence electrons. The number of hydrogen-bond donors (Lipinski definition) is 1. The molecule has 0 radical (unpaired) electrons. The van der Waals surface area contributed by atoms with Gasteiger partial charge in [0.15, 0.2) is 6.61 Å². The summed E-state index contributed by atoms with van der Waals surface area (Å²) in [6.07, 6.45) is 0.726. The van der Waals surface area contributed by atoms with Gasteiger partial charge in [0.05, 0.1) is 13.2 Å². The zero-order chi connectivity index (χ0) is 23.0. The van der Waals surface area contributed by atoms with Crippen LogP contribution in [0.3, 0.4) is 0 Å². The minimum atomic E-state index is -0.274. The van der Waals surface area contributed by atoms with Crippen molar-refractivity contribution in [2.24, 2.45) is 0 Å². The van der Waals surface area contributed by atoms with Gasteiger partial charge in [-0.1, -0.05) is 54.6 Å². The van der Waals surface area contributed by atoms with Crippen molar-refractivity contribution >= 4 is 17.5 Å². The summed E-state index contributed by atoms with van der Waals surface area (Å²) in [4.78, 5) is 27.3. The Bertz CT molecular complexity index is 1110. The second-order valence-electron chi connectivity index (χ2n) is 7.99. The normalized spacial score (nSPS) is 13.4. The van der Waals surface area contributed by atoms with E-state index in [1.54, 1.807) is 23.1 Å². The molecule has 2 amide bonds. The third-order valence-corrected chi connectivity index (χ3v) is 5.71. The number of ether oxygens (including phenoxy) is 2. The molecule has 3 aromatic carbocycles. The molecule has 4 rings (SSSR count). The van der Waals surface area contributed by atoms with Crippen LogP contribution >= 0.6 is 0 Å². The van der Waals surface area contributed by atoms with Crippen LogP contribution in [0.4, 0.5) is 5.69 Å². The van der Waals surface area contributed by atoms with E-state index in [-0.39, 0.29) is 18.4 Å². The molecule has 1 aliphatic rings. The van der Waals surface area contributed by atoms with Crippen molar-refractivity contribution in [2.45, 2.75) is 13.3 Å². The third-order valence-electron chi connectivity index (χ3n) is 5.71. The first-order chi connectivity index (χ1) is 16.1. The lowest BCUT2D eigenvalue weighted by atomic mass is 10.0. The van der Waals surface area contributed by atoms with Gasteiger partial charge in [0.2, 0.25) is 0 Å². The van der Waals surface area contributed by atoms with E-state index in [0.29, 0.717) is 43.3 Å². The lowest BCUT2D eigenvalue weighted by Gasteiger charge is -2.27. The smallest absolute Gasteiger partial charge is 0.262 e. The highest BCUT2D eigenvalue weighted by molar-refractivity contribution is 5.99.